The lowest BCUT2D eigenvalue weighted by molar-refractivity contribution is 0.0747. The predicted molar refractivity (Wildman–Crippen MR) is 146 cm³/mol. The number of halogens is 1. The van der Waals surface area contributed by atoms with E-state index in [0.29, 0.717) is 17.3 Å². The second-order valence-electron chi connectivity index (χ2n) is 9.11. The van der Waals surface area contributed by atoms with Crippen LogP contribution < -0.4 is 10.6 Å². The molecule has 7 nitrogen and oxygen atoms in total. The third-order valence-electron chi connectivity index (χ3n) is 6.39. The lowest BCUT2D eigenvalue weighted by Gasteiger charge is -2.33. The number of hydrogen-bond donors (Lipinski definition) is 3. The zero-order valence-corrected chi connectivity index (χ0v) is 21.3. The minimum atomic E-state index is -0.798. The van der Waals surface area contributed by atoms with Crippen molar-refractivity contribution in [3.05, 3.63) is 96.2 Å². The van der Waals surface area contributed by atoms with Crippen LogP contribution in [0, 0.1) is 18.7 Å². The number of piperidine rings is 1. The van der Waals surface area contributed by atoms with Gasteiger partial charge < -0.3 is 15.7 Å². The van der Waals surface area contributed by atoms with E-state index in [-0.39, 0.29) is 5.92 Å². The first-order valence-electron chi connectivity index (χ1n) is 12.3. The van der Waals surface area contributed by atoms with Crippen molar-refractivity contribution in [1.29, 1.82) is 0 Å². The van der Waals surface area contributed by atoms with Crippen LogP contribution in [0.15, 0.2) is 84.1 Å². The van der Waals surface area contributed by atoms with E-state index in [9.17, 15) is 9.50 Å². The van der Waals surface area contributed by atoms with Gasteiger partial charge in [0.1, 0.15) is 11.6 Å². The fourth-order valence-corrected chi connectivity index (χ4v) is 5.26. The topological polar surface area (TPSA) is 86.2 Å². The van der Waals surface area contributed by atoms with Gasteiger partial charge in [-0.1, -0.05) is 17.7 Å². The Balaban J connectivity index is 1.12. The molecule has 37 heavy (non-hydrogen) atoms. The Kier molecular flexibility index (Phi) is 7.93. The second-order valence-corrected chi connectivity index (χ2v) is 10.3. The zero-order chi connectivity index (χ0) is 25.6. The van der Waals surface area contributed by atoms with Gasteiger partial charge in [0.05, 0.1) is 12.3 Å². The van der Waals surface area contributed by atoms with Gasteiger partial charge in [0.2, 0.25) is 5.95 Å². The number of aromatic nitrogens is 3. The van der Waals surface area contributed by atoms with Gasteiger partial charge in [0.15, 0.2) is 0 Å². The van der Waals surface area contributed by atoms with Crippen molar-refractivity contribution in [2.45, 2.75) is 30.8 Å². The molecule has 1 aliphatic rings. The van der Waals surface area contributed by atoms with E-state index in [1.165, 1.54) is 11.8 Å². The van der Waals surface area contributed by atoms with E-state index in [0.717, 1.165) is 48.4 Å². The van der Waals surface area contributed by atoms with Crippen molar-refractivity contribution < 1.29 is 9.50 Å². The van der Waals surface area contributed by atoms with Gasteiger partial charge in [0.25, 0.3) is 0 Å². The predicted octanol–water partition coefficient (Wildman–Crippen LogP) is 6.26. The van der Waals surface area contributed by atoms with Gasteiger partial charge in [0, 0.05) is 47.3 Å². The fraction of sp³-hybridized carbons (Fsp3) is 0.250. The van der Waals surface area contributed by atoms with E-state index in [4.69, 9.17) is 0 Å². The van der Waals surface area contributed by atoms with Crippen molar-refractivity contribution in [2.75, 3.05) is 23.7 Å². The molecule has 0 bridgehead atoms. The summed E-state index contributed by atoms with van der Waals surface area (Å²) in [5.41, 5.74) is 3.42. The molecule has 0 aliphatic carbocycles. The summed E-state index contributed by atoms with van der Waals surface area (Å²) in [6, 6.07) is 19.7. The van der Waals surface area contributed by atoms with E-state index < -0.39 is 11.9 Å². The Morgan fingerprint density at radius 1 is 0.946 bits per heavy atom. The third kappa shape index (κ3) is 6.62. The Morgan fingerprint density at radius 2 is 1.65 bits per heavy atom. The molecular weight excluding hydrogens is 487 g/mol. The smallest absolute Gasteiger partial charge is 0.229 e. The Hall–Kier alpha value is -3.53. The molecule has 0 amide bonds. The minimum Gasteiger partial charge on any atom is -0.388 e. The Bertz CT molecular complexity index is 1310. The largest absolute Gasteiger partial charge is 0.388 e. The average molecular weight is 517 g/mol. The van der Waals surface area contributed by atoms with Crippen LogP contribution in [0.4, 0.5) is 27.5 Å². The molecule has 1 fully saturated rings. The summed E-state index contributed by atoms with van der Waals surface area (Å²) in [5, 5.41) is 17.2. The molecule has 1 aliphatic heterocycles. The number of rotatable bonds is 8. The maximum absolute atomic E-state index is 14.0. The lowest BCUT2D eigenvalue weighted by atomic mass is 9.88. The molecule has 4 aromatic rings. The number of nitrogens with zero attached hydrogens (tertiary/aromatic N) is 4. The SMILES string of the molecule is Cc1ccc(Nc2ccnc(Nc3ccc(SN4CCC(C(O)c5ccncc5F)CC4)cc3)n2)cc1. The summed E-state index contributed by atoms with van der Waals surface area (Å²) < 4.78 is 16.3. The molecule has 3 N–H and O–H groups in total. The summed E-state index contributed by atoms with van der Waals surface area (Å²) in [5.74, 6) is 0.828. The van der Waals surface area contributed by atoms with Gasteiger partial charge in [-0.25, -0.2) is 13.7 Å². The molecule has 9 heteroatoms. The van der Waals surface area contributed by atoms with Crippen LogP contribution in [-0.2, 0) is 0 Å². The van der Waals surface area contributed by atoms with Crippen molar-refractivity contribution in [1.82, 2.24) is 19.3 Å². The molecule has 1 atom stereocenters. The summed E-state index contributed by atoms with van der Waals surface area (Å²) in [7, 11) is 0. The van der Waals surface area contributed by atoms with Gasteiger partial charge in [-0.15, -0.1) is 0 Å². The standard InChI is InChI=1S/C28H29FN6OS/c1-19-2-4-21(5-3-19)32-26-11-15-31-28(34-26)33-22-6-8-23(9-7-22)37-35-16-12-20(13-17-35)27(36)24-10-14-30-18-25(24)29/h2-11,14-15,18,20,27,36H,12-13,16-17H2,1H3,(H2,31,32,33,34). The number of pyridine rings is 1. The van der Waals surface area contributed by atoms with Crippen LogP contribution in [0.5, 0.6) is 0 Å². The molecular formula is C28H29FN6OS. The second kappa shape index (κ2) is 11.7. The highest BCUT2D eigenvalue weighted by Crippen LogP contribution is 2.35. The maximum atomic E-state index is 14.0. The summed E-state index contributed by atoms with van der Waals surface area (Å²) in [6.45, 7) is 3.71. The molecule has 2 aromatic carbocycles. The van der Waals surface area contributed by atoms with E-state index >= 15 is 0 Å². The number of aliphatic hydroxyl groups excluding tert-OH is 1. The zero-order valence-electron chi connectivity index (χ0n) is 20.5. The molecule has 3 heterocycles. The molecule has 190 valence electrons. The van der Waals surface area contributed by atoms with Crippen molar-refractivity contribution in [2.24, 2.45) is 5.92 Å². The summed E-state index contributed by atoms with van der Waals surface area (Å²) >= 11 is 1.70. The highest BCUT2D eigenvalue weighted by molar-refractivity contribution is 7.97. The molecule has 0 spiro atoms. The van der Waals surface area contributed by atoms with E-state index in [1.54, 1.807) is 24.2 Å². The lowest BCUT2D eigenvalue weighted by Crippen LogP contribution is -2.31. The molecule has 5 rings (SSSR count). The monoisotopic (exact) mass is 516 g/mol. The fourth-order valence-electron chi connectivity index (χ4n) is 4.31. The third-order valence-corrected chi connectivity index (χ3v) is 7.50. The van der Waals surface area contributed by atoms with Crippen LogP contribution in [-0.4, -0.2) is 37.5 Å². The summed E-state index contributed by atoms with van der Waals surface area (Å²) in [6.07, 6.45) is 5.22. The normalized spacial score (nSPS) is 15.3. The van der Waals surface area contributed by atoms with Gasteiger partial charge in [-0.2, -0.15) is 4.98 Å². The molecule has 1 saturated heterocycles. The van der Waals surface area contributed by atoms with Crippen LogP contribution >= 0.6 is 11.9 Å². The maximum Gasteiger partial charge on any atom is 0.229 e. The number of hydrogen-bond acceptors (Lipinski definition) is 8. The van der Waals surface area contributed by atoms with Crippen molar-refractivity contribution >= 4 is 35.1 Å². The van der Waals surface area contributed by atoms with Crippen LogP contribution in [0.1, 0.15) is 30.1 Å². The molecule has 1 unspecified atom stereocenters. The number of benzene rings is 2. The molecule has 0 radical (unpaired) electrons. The Morgan fingerprint density at radius 3 is 2.38 bits per heavy atom. The quantitative estimate of drug-likeness (QED) is 0.237. The van der Waals surface area contributed by atoms with Gasteiger partial charge in [-0.05, 0) is 86.2 Å². The first-order valence-corrected chi connectivity index (χ1v) is 13.0. The average Bonchev–Trinajstić information content (AvgIpc) is 2.92. The number of aryl methyl sites for hydroxylation is 1. The van der Waals surface area contributed by atoms with Crippen molar-refractivity contribution in [3.8, 4) is 0 Å². The number of nitrogens with one attached hydrogen (secondary N) is 2. The summed E-state index contributed by atoms with van der Waals surface area (Å²) in [4.78, 5) is 13.8. The Labute approximate surface area is 220 Å². The first-order chi connectivity index (χ1) is 18.0. The molecule has 2 aromatic heterocycles. The molecule has 0 saturated carbocycles. The van der Waals surface area contributed by atoms with E-state index in [2.05, 4.69) is 61.1 Å². The van der Waals surface area contributed by atoms with E-state index in [1.807, 2.05) is 30.3 Å². The van der Waals surface area contributed by atoms with Crippen LogP contribution in [0.25, 0.3) is 0 Å². The highest BCUT2D eigenvalue weighted by Gasteiger charge is 2.28. The van der Waals surface area contributed by atoms with Gasteiger partial charge in [-0.3, -0.25) is 4.98 Å². The van der Waals surface area contributed by atoms with Crippen molar-refractivity contribution in [3.63, 3.8) is 0 Å². The highest BCUT2D eigenvalue weighted by atomic mass is 32.2. The van der Waals surface area contributed by atoms with Crippen LogP contribution in [0.2, 0.25) is 0 Å². The van der Waals surface area contributed by atoms with Crippen LogP contribution in [0.3, 0.4) is 0 Å². The number of anilines is 4. The van der Waals surface area contributed by atoms with Gasteiger partial charge >= 0.3 is 0 Å². The first kappa shape index (κ1) is 25.1. The minimum absolute atomic E-state index is 0.0385. The number of aliphatic hydroxyl groups is 1.